The van der Waals surface area contributed by atoms with Crippen LogP contribution < -0.4 is 10.1 Å². The predicted octanol–water partition coefficient (Wildman–Crippen LogP) is 3.06. The molecule has 25 heavy (non-hydrogen) atoms. The van der Waals surface area contributed by atoms with Gasteiger partial charge in [-0.2, -0.15) is 5.26 Å². The Bertz CT molecular complexity index is 792. The van der Waals surface area contributed by atoms with E-state index in [1.807, 2.05) is 43.3 Å². The van der Waals surface area contributed by atoms with E-state index in [4.69, 9.17) is 4.74 Å². The molecule has 128 valence electrons. The highest BCUT2D eigenvalue weighted by Crippen LogP contribution is 2.31. The molecule has 2 N–H and O–H groups in total. The zero-order valence-corrected chi connectivity index (χ0v) is 14.0. The summed E-state index contributed by atoms with van der Waals surface area (Å²) in [6.45, 7) is 2.64. The van der Waals surface area contributed by atoms with E-state index in [0.717, 1.165) is 5.56 Å². The first-order valence-electron chi connectivity index (χ1n) is 8.04. The molecule has 5 nitrogen and oxygen atoms in total. The SMILES string of the molecule is CCOc1cccc(/C=C(/C#N)C(=O)NCCc2ccccc2)c1O. The smallest absolute Gasteiger partial charge is 0.261 e. The second-order valence-electron chi connectivity index (χ2n) is 5.29. The van der Waals surface area contributed by atoms with Crippen molar-refractivity contribution in [3.63, 3.8) is 0 Å². The highest BCUT2D eigenvalue weighted by Gasteiger charge is 2.12. The second-order valence-corrected chi connectivity index (χ2v) is 5.29. The number of hydrogen-bond acceptors (Lipinski definition) is 4. The quantitative estimate of drug-likeness (QED) is 0.601. The van der Waals surface area contributed by atoms with E-state index in [9.17, 15) is 15.2 Å². The molecule has 0 fully saturated rings. The fourth-order valence-corrected chi connectivity index (χ4v) is 2.29. The van der Waals surface area contributed by atoms with E-state index in [-0.39, 0.29) is 11.3 Å². The van der Waals surface area contributed by atoms with Gasteiger partial charge in [0.2, 0.25) is 0 Å². The van der Waals surface area contributed by atoms with Gasteiger partial charge in [-0.1, -0.05) is 42.5 Å². The number of carbonyl (C=O) groups is 1. The summed E-state index contributed by atoms with van der Waals surface area (Å²) in [5.74, 6) is -0.244. The van der Waals surface area contributed by atoms with E-state index in [2.05, 4.69) is 5.32 Å². The predicted molar refractivity (Wildman–Crippen MR) is 96.0 cm³/mol. The summed E-state index contributed by atoms with van der Waals surface area (Å²) in [5, 5.41) is 22.1. The monoisotopic (exact) mass is 336 g/mol. The van der Waals surface area contributed by atoms with Crippen LogP contribution >= 0.6 is 0 Å². The molecule has 0 radical (unpaired) electrons. The largest absolute Gasteiger partial charge is 0.504 e. The van der Waals surface area contributed by atoms with E-state index < -0.39 is 5.91 Å². The average molecular weight is 336 g/mol. The molecule has 5 heteroatoms. The molecule has 0 aromatic heterocycles. The lowest BCUT2D eigenvalue weighted by Gasteiger charge is -2.08. The van der Waals surface area contributed by atoms with Crippen LogP contribution in [0.4, 0.5) is 0 Å². The van der Waals surface area contributed by atoms with Crippen molar-refractivity contribution >= 4 is 12.0 Å². The van der Waals surface area contributed by atoms with Crippen LogP contribution in [0.5, 0.6) is 11.5 Å². The number of phenolic OH excluding ortho intramolecular Hbond substituents is 1. The summed E-state index contributed by atoms with van der Waals surface area (Å²) < 4.78 is 5.30. The van der Waals surface area contributed by atoms with Crippen molar-refractivity contribution in [2.75, 3.05) is 13.2 Å². The first-order chi connectivity index (χ1) is 12.2. The highest BCUT2D eigenvalue weighted by molar-refractivity contribution is 6.02. The summed E-state index contributed by atoms with van der Waals surface area (Å²) in [6, 6.07) is 16.6. The molecule has 2 aromatic rings. The Kier molecular flexibility index (Phi) is 6.61. The standard InChI is InChI=1S/C20H20N2O3/c1-2-25-18-10-6-9-16(19(18)23)13-17(14-21)20(24)22-12-11-15-7-4-3-5-8-15/h3-10,13,23H,2,11-12H2,1H3,(H,22,24)/b17-13-. The number of aromatic hydroxyl groups is 1. The molecule has 0 saturated carbocycles. The first kappa shape index (κ1) is 18.1. The van der Waals surface area contributed by atoms with E-state index >= 15 is 0 Å². The fraction of sp³-hybridized carbons (Fsp3) is 0.200. The maximum Gasteiger partial charge on any atom is 0.261 e. The van der Waals surface area contributed by atoms with E-state index in [1.165, 1.54) is 6.08 Å². The Morgan fingerprint density at radius 3 is 2.68 bits per heavy atom. The number of hydrogen-bond donors (Lipinski definition) is 2. The summed E-state index contributed by atoms with van der Waals surface area (Å²) in [7, 11) is 0. The van der Waals surface area contributed by atoms with Gasteiger partial charge in [0, 0.05) is 12.1 Å². The molecular formula is C20H20N2O3. The number of benzene rings is 2. The van der Waals surface area contributed by atoms with E-state index in [0.29, 0.717) is 30.9 Å². The molecule has 0 aliphatic heterocycles. The summed E-state index contributed by atoms with van der Waals surface area (Å²) >= 11 is 0. The molecule has 0 aliphatic rings. The Balaban J connectivity index is 2.05. The number of ether oxygens (including phenoxy) is 1. The van der Waals surface area contributed by atoms with Crippen LogP contribution in [0, 0.1) is 11.3 Å². The van der Waals surface area contributed by atoms with Crippen molar-refractivity contribution < 1.29 is 14.6 Å². The van der Waals surface area contributed by atoms with Crippen molar-refractivity contribution in [3.05, 3.63) is 65.2 Å². The van der Waals surface area contributed by atoms with Crippen molar-refractivity contribution in [2.45, 2.75) is 13.3 Å². The number of para-hydroxylation sites is 1. The molecule has 0 bridgehead atoms. The number of nitrogens with one attached hydrogen (secondary N) is 1. The molecule has 2 rings (SSSR count). The fourth-order valence-electron chi connectivity index (χ4n) is 2.29. The number of nitriles is 1. The van der Waals surface area contributed by atoms with Gasteiger partial charge >= 0.3 is 0 Å². The highest BCUT2D eigenvalue weighted by atomic mass is 16.5. The molecule has 0 atom stereocenters. The summed E-state index contributed by atoms with van der Waals surface area (Å²) in [6.07, 6.45) is 2.03. The first-order valence-corrected chi connectivity index (χ1v) is 8.04. The molecule has 0 spiro atoms. The third-order valence-corrected chi connectivity index (χ3v) is 3.54. The van der Waals surface area contributed by atoms with E-state index in [1.54, 1.807) is 18.2 Å². The lowest BCUT2D eigenvalue weighted by molar-refractivity contribution is -0.117. The van der Waals surface area contributed by atoms with Gasteiger partial charge < -0.3 is 15.2 Å². The Labute approximate surface area is 147 Å². The van der Waals surface area contributed by atoms with Gasteiger partial charge in [-0.05, 0) is 31.1 Å². The van der Waals surface area contributed by atoms with Crippen LogP contribution in [-0.2, 0) is 11.2 Å². The molecule has 0 saturated heterocycles. The average Bonchev–Trinajstić information content (AvgIpc) is 2.63. The van der Waals surface area contributed by atoms with Crippen molar-refractivity contribution in [1.82, 2.24) is 5.32 Å². The number of phenols is 1. The summed E-state index contributed by atoms with van der Waals surface area (Å²) in [5.41, 5.74) is 1.39. The maximum atomic E-state index is 12.2. The third-order valence-electron chi connectivity index (χ3n) is 3.54. The van der Waals surface area contributed by atoms with Gasteiger partial charge in [0.25, 0.3) is 5.91 Å². The van der Waals surface area contributed by atoms with Crippen LogP contribution in [0.3, 0.4) is 0 Å². The number of rotatable bonds is 7. The lowest BCUT2D eigenvalue weighted by Crippen LogP contribution is -2.26. The normalized spacial score (nSPS) is 10.8. The van der Waals surface area contributed by atoms with Gasteiger partial charge in [0.1, 0.15) is 11.6 Å². The molecule has 2 aromatic carbocycles. The topological polar surface area (TPSA) is 82.3 Å². The zero-order valence-electron chi connectivity index (χ0n) is 14.0. The number of carbonyl (C=O) groups excluding carboxylic acids is 1. The second kappa shape index (κ2) is 9.14. The van der Waals surface area contributed by atoms with Gasteiger partial charge in [0.05, 0.1) is 6.61 Å². The number of amides is 1. The third kappa shape index (κ3) is 5.11. The van der Waals surface area contributed by atoms with Crippen LogP contribution in [-0.4, -0.2) is 24.2 Å². The Morgan fingerprint density at radius 1 is 1.24 bits per heavy atom. The van der Waals surface area contributed by atoms with Gasteiger partial charge in [-0.25, -0.2) is 0 Å². The van der Waals surface area contributed by atoms with Crippen molar-refractivity contribution in [2.24, 2.45) is 0 Å². The molecule has 0 unspecified atom stereocenters. The lowest BCUT2D eigenvalue weighted by atomic mass is 10.1. The number of nitrogens with zero attached hydrogens (tertiary/aromatic N) is 1. The van der Waals surface area contributed by atoms with Gasteiger partial charge in [-0.15, -0.1) is 0 Å². The molecular weight excluding hydrogens is 316 g/mol. The van der Waals surface area contributed by atoms with Gasteiger partial charge in [-0.3, -0.25) is 4.79 Å². The summed E-state index contributed by atoms with van der Waals surface area (Å²) in [4.78, 5) is 12.2. The van der Waals surface area contributed by atoms with Crippen molar-refractivity contribution in [1.29, 1.82) is 5.26 Å². The maximum absolute atomic E-state index is 12.2. The molecule has 0 aliphatic carbocycles. The van der Waals surface area contributed by atoms with Crippen LogP contribution in [0.15, 0.2) is 54.1 Å². The van der Waals surface area contributed by atoms with Crippen LogP contribution in [0.25, 0.3) is 6.08 Å². The Morgan fingerprint density at radius 2 is 2.00 bits per heavy atom. The minimum Gasteiger partial charge on any atom is -0.504 e. The minimum atomic E-state index is -0.473. The van der Waals surface area contributed by atoms with Crippen LogP contribution in [0.1, 0.15) is 18.1 Å². The Hall–Kier alpha value is -3.26. The van der Waals surface area contributed by atoms with Gasteiger partial charge in [0.15, 0.2) is 11.5 Å². The molecule has 1 amide bonds. The van der Waals surface area contributed by atoms with Crippen LogP contribution in [0.2, 0.25) is 0 Å². The van der Waals surface area contributed by atoms with Crippen molar-refractivity contribution in [3.8, 4) is 17.6 Å². The molecule has 0 heterocycles. The minimum absolute atomic E-state index is 0.0722. The zero-order chi connectivity index (χ0) is 18.1.